The summed E-state index contributed by atoms with van der Waals surface area (Å²) in [6, 6.07) is 1.13. The van der Waals surface area contributed by atoms with Crippen LogP contribution in [-0.4, -0.2) is 41.0 Å². The Balaban J connectivity index is 1.73. The van der Waals surface area contributed by atoms with Crippen molar-refractivity contribution in [3.63, 3.8) is 0 Å². The van der Waals surface area contributed by atoms with E-state index < -0.39 is 0 Å². The van der Waals surface area contributed by atoms with E-state index in [1.165, 1.54) is 24.2 Å². The van der Waals surface area contributed by atoms with Crippen LogP contribution in [0.25, 0.3) is 0 Å². The van der Waals surface area contributed by atoms with Crippen LogP contribution >= 0.6 is 11.3 Å². The fraction of sp³-hybridized carbons (Fsp3) is 0.636. The van der Waals surface area contributed by atoms with Crippen LogP contribution in [0.3, 0.4) is 0 Å². The molecule has 0 radical (unpaired) electrons. The van der Waals surface area contributed by atoms with Crippen molar-refractivity contribution in [2.75, 3.05) is 13.1 Å². The van der Waals surface area contributed by atoms with Crippen LogP contribution in [0.15, 0.2) is 11.7 Å². The maximum atomic E-state index is 12.2. The molecule has 2 unspecified atom stereocenters. The molecule has 0 saturated carbocycles. The molecule has 4 nitrogen and oxygen atoms in total. The summed E-state index contributed by atoms with van der Waals surface area (Å²) in [5.41, 5.74) is 1.72. The molecule has 0 spiro atoms. The zero-order valence-corrected chi connectivity index (χ0v) is 9.87. The van der Waals surface area contributed by atoms with Gasteiger partial charge in [0.15, 0.2) is 0 Å². The predicted octanol–water partition coefficient (Wildman–Crippen LogP) is 1.11. The minimum atomic E-state index is 0.150. The molecule has 2 bridgehead atoms. The van der Waals surface area contributed by atoms with E-state index in [9.17, 15) is 4.79 Å². The van der Waals surface area contributed by atoms with E-state index in [0.29, 0.717) is 12.1 Å². The van der Waals surface area contributed by atoms with Crippen molar-refractivity contribution in [2.45, 2.75) is 31.3 Å². The number of carbonyl (C=O) groups is 1. The Labute approximate surface area is 98.7 Å². The number of carbonyl (C=O) groups excluding carboxylic acids is 1. The van der Waals surface area contributed by atoms with E-state index in [1.54, 1.807) is 11.7 Å². The maximum Gasteiger partial charge on any atom is 0.265 e. The normalized spacial score (nSPS) is 29.1. The number of nitrogens with zero attached hydrogens (tertiary/aromatic N) is 2. The van der Waals surface area contributed by atoms with Gasteiger partial charge in [-0.3, -0.25) is 9.78 Å². The number of hydrogen-bond acceptors (Lipinski definition) is 4. The third kappa shape index (κ3) is 1.85. The third-order valence-corrected chi connectivity index (χ3v) is 4.21. The predicted molar refractivity (Wildman–Crippen MR) is 62.6 cm³/mol. The Hall–Kier alpha value is -0.940. The zero-order chi connectivity index (χ0) is 11.0. The molecule has 86 valence electrons. The SMILES string of the molecule is O=C(c1cncs1)N1CCC2CCC(C1)N2. The van der Waals surface area contributed by atoms with Crippen molar-refractivity contribution in [1.82, 2.24) is 15.2 Å². The van der Waals surface area contributed by atoms with Crippen molar-refractivity contribution in [3.05, 3.63) is 16.6 Å². The van der Waals surface area contributed by atoms with Gasteiger partial charge in [-0.15, -0.1) is 11.3 Å². The van der Waals surface area contributed by atoms with Gasteiger partial charge in [0.2, 0.25) is 0 Å². The van der Waals surface area contributed by atoms with Gasteiger partial charge in [0.25, 0.3) is 5.91 Å². The summed E-state index contributed by atoms with van der Waals surface area (Å²) in [6.45, 7) is 1.73. The molecule has 3 rings (SSSR count). The molecule has 1 aromatic heterocycles. The first kappa shape index (κ1) is 10.2. The van der Waals surface area contributed by atoms with Crippen molar-refractivity contribution in [2.24, 2.45) is 0 Å². The van der Waals surface area contributed by atoms with Crippen molar-refractivity contribution in [1.29, 1.82) is 0 Å². The Morgan fingerprint density at radius 2 is 2.31 bits per heavy atom. The minimum absolute atomic E-state index is 0.150. The number of likely N-dealkylation sites (tertiary alicyclic amines) is 1. The standard InChI is InChI=1S/C11H15N3OS/c15-11(10-5-12-7-16-10)14-4-3-8-1-2-9(6-14)13-8/h5,7-9,13H,1-4,6H2. The summed E-state index contributed by atoms with van der Waals surface area (Å²) >= 11 is 1.43. The zero-order valence-electron chi connectivity index (χ0n) is 9.06. The van der Waals surface area contributed by atoms with Crippen LogP contribution in [0, 0.1) is 0 Å². The van der Waals surface area contributed by atoms with Gasteiger partial charge in [0.05, 0.1) is 11.7 Å². The fourth-order valence-electron chi connectivity index (χ4n) is 2.60. The van der Waals surface area contributed by atoms with Gasteiger partial charge in [0.1, 0.15) is 4.88 Å². The van der Waals surface area contributed by atoms with Crippen LogP contribution in [0.5, 0.6) is 0 Å². The summed E-state index contributed by atoms with van der Waals surface area (Å²) in [7, 11) is 0. The number of amides is 1. The molecule has 1 amide bonds. The molecule has 2 saturated heterocycles. The van der Waals surface area contributed by atoms with Crippen molar-refractivity contribution in [3.8, 4) is 0 Å². The van der Waals surface area contributed by atoms with Crippen LogP contribution in [0.1, 0.15) is 28.9 Å². The largest absolute Gasteiger partial charge is 0.336 e. The van der Waals surface area contributed by atoms with Gasteiger partial charge < -0.3 is 10.2 Å². The van der Waals surface area contributed by atoms with E-state index in [1.807, 2.05) is 4.90 Å². The molecule has 0 aromatic carbocycles. The van der Waals surface area contributed by atoms with Gasteiger partial charge >= 0.3 is 0 Å². The van der Waals surface area contributed by atoms with Crippen LogP contribution in [-0.2, 0) is 0 Å². The molecule has 2 aliphatic rings. The lowest BCUT2D eigenvalue weighted by atomic mass is 10.1. The number of hydrogen-bond donors (Lipinski definition) is 1. The van der Waals surface area contributed by atoms with E-state index in [2.05, 4.69) is 10.3 Å². The number of fused-ring (bicyclic) bond motifs is 2. The monoisotopic (exact) mass is 237 g/mol. The van der Waals surface area contributed by atoms with Crippen LogP contribution in [0.4, 0.5) is 0 Å². The molecular weight excluding hydrogens is 222 g/mol. The second-order valence-corrected chi connectivity index (χ2v) is 5.43. The van der Waals surface area contributed by atoms with E-state index in [0.717, 1.165) is 24.4 Å². The molecule has 1 aromatic rings. The van der Waals surface area contributed by atoms with Crippen LogP contribution in [0.2, 0.25) is 0 Å². The smallest absolute Gasteiger partial charge is 0.265 e. The highest BCUT2D eigenvalue weighted by Gasteiger charge is 2.31. The lowest BCUT2D eigenvalue weighted by Gasteiger charge is -2.23. The van der Waals surface area contributed by atoms with E-state index in [4.69, 9.17) is 0 Å². The molecule has 2 fully saturated rings. The highest BCUT2D eigenvalue weighted by Crippen LogP contribution is 2.22. The summed E-state index contributed by atoms with van der Waals surface area (Å²) < 4.78 is 0. The summed E-state index contributed by atoms with van der Waals surface area (Å²) in [6.07, 6.45) is 5.23. The average molecular weight is 237 g/mol. The first-order chi connectivity index (χ1) is 7.83. The van der Waals surface area contributed by atoms with E-state index in [-0.39, 0.29) is 5.91 Å². The Morgan fingerprint density at radius 1 is 1.44 bits per heavy atom. The first-order valence-electron chi connectivity index (χ1n) is 5.77. The second-order valence-electron chi connectivity index (χ2n) is 4.54. The molecule has 2 atom stereocenters. The van der Waals surface area contributed by atoms with Gasteiger partial charge in [-0.2, -0.15) is 0 Å². The number of nitrogens with one attached hydrogen (secondary N) is 1. The van der Waals surface area contributed by atoms with Crippen molar-refractivity contribution < 1.29 is 4.79 Å². The lowest BCUT2D eigenvalue weighted by Crippen LogP contribution is -2.38. The van der Waals surface area contributed by atoms with Gasteiger partial charge in [-0.25, -0.2) is 0 Å². The summed E-state index contributed by atoms with van der Waals surface area (Å²) in [5.74, 6) is 0.150. The average Bonchev–Trinajstić information content (AvgIpc) is 2.87. The molecule has 1 N–H and O–H groups in total. The molecule has 0 aliphatic carbocycles. The molecule has 3 heterocycles. The number of thiazole rings is 1. The number of aromatic nitrogens is 1. The molecule has 5 heteroatoms. The minimum Gasteiger partial charge on any atom is -0.336 e. The highest BCUT2D eigenvalue weighted by molar-refractivity contribution is 7.11. The fourth-order valence-corrected chi connectivity index (χ4v) is 3.19. The summed E-state index contributed by atoms with van der Waals surface area (Å²) in [4.78, 5) is 18.9. The quantitative estimate of drug-likeness (QED) is 0.796. The van der Waals surface area contributed by atoms with Gasteiger partial charge in [-0.05, 0) is 19.3 Å². The summed E-state index contributed by atoms with van der Waals surface area (Å²) in [5, 5.41) is 3.58. The Bertz CT molecular complexity index is 379. The first-order valence-corrected chi connectivity index (χ1v) is 6.65. The van der Waals surface area contributed by atoms with Crippen LogP contribution < -0.4 is 5.32 Å². The Morgan fingerprint density at radius 3 is 3.12 bits per heavy atom. The van der Waals surface area contributed by atoms with Crippen molar-refractivity contribution >= 4 is 17.2 Å². The maximum absolute atomic E-state index is 12.2. The Kier molecular flexibility index (Phi) is 2.65. The molecule has 2 aliphatic heterocycles. The molecule has 16 heavy (non-hydrogen) atoms. The van der Waals surface area contributed by atoms with E-state index >= 15 is 0 Å². The second kappa shape index (κ2) is 4.14. The molecular formula is C11H15N3OS. The van der Waals surface area contributed by atoms with Gasteiger partial charge in [-0.1, -0.05) is 0 Å². The lowest BCUT2D eigenvalue weighted by molar-refractivity contribution is 0.0753. The topological polar surface area (TPSA) is 45.2 Å². The number of rotatable bonds is 1. The van der Waals surface area contributed by atoms with Gasteiger partial charge in [0, 0.05) is 25.2 Å². The third-order valence-electron chi connectivity index (χ3n) is 3.45. The highest BCUT2D eigenvalue weighted by atomic mass is 32.1.